The van der Waals surface area contributed by atoms with Crippen molar-refractivity contribution in [2.45, 2.75) is 24.7 Å². The Bertz CT molecular complexity index is 1380. The Morgan fingerprint density at radius 1 is 1.13 bits per heavy atom. The summed E-state index contributed by atoms with van der Waals surface area (Å²) in [4.78, 5) is 40.0. The number of nitrogens with zero attached hydrogens (tertiary/aromatic N) is 1. The summed E-state index contributed by atoms with van der Waals surface area (Å²) < 4.78 is 32.1. The van der Waals surface area contributed by atoms with Crippen LogP contribution in [0.2, 0.25) is 0 Å². The zero-order chi connectivity index (χ0) is 22.5. The number of aromatic nitrogens is 1. The summed E-state index contributed by atoms with van der Waals surface area (Å²) in [6, 6.07) is 12.0. The number of carbonyl (C=O) groups excluding carboxylic acids is 3. The Kier molecular flexibility index (Phi) is 4.95. The topological polar surface area (TPSA) is 135 Å². The predicted octanol–water partition coefficient (Wildman–Crippen LogP) is 2.95. The molecule has 4 rings (SSSR count). The summed E-state index contributed by atoms with van der Waals surface area (Å²) in [5.41, 5.74) is 1.37. The first-order valence-electron chi connectivity index (χ1n) is 9.50. The smallest absolute Gasteiger partial charge is 0.324 e. The van der Waals surface area contributed by atoms with Gasteiger partial charge in [-0.1, -0.05) is 32.0 Å². The van der Waals surface area contributed by atoms with Gasteiger partial charge in [-0.25, -0.2) is 4.98 Å². The van der Waals surface area contributed by atoms with Gasteiger partial charge >= 0.3 is 5.78 Å². The lowest BCUT2D eigenvalue weighted by Crippen LogP contribution is -2.18. The first-order chi connectivity index (χ1) is 14.6. The number of para-hydroxylation sites is 1. The van der Waals surface area contributed by atoms with Crippen molar-refractivity contribution in [1.29, 1.82) is 0 Å². The molecule has 1 unspecified atom stereocenters. The summed E-state index contributed by atoms with van der Waals surface area (Å²) in [5, 5.41) is 3.55. The number of rotatable bonds is 4. The summed E-state index contributed by atoms with van der Waals surface area (Å²) in [6.45, 7) is 3.53. The fourth-order valence-electron chi connectivity index (χ4n) is 3.52. The Balaban J connectivity index is 1.79. The van der Waals surface area contributed by atoms with Gasteiger partial charge in [0.1, 0.15) is 0 Å². The van der Waals surface area contributed by atoms with E-state index in [0.29, 0.717) is 11.2 Å². The number of hydrogen-bond donors (Lipinski definition) is 2. The van der Waals surface area contributed by atoms with Crippen LogP contribution in [0.5, 0.6) is 0 Å². The predicted molar refractivity (Wildman–Crippen MR) is 115 cm³/mol. The van der Waals surface area contributed by atoms with Gasteiger partial charge in [-0.3, -0.25) is 18.9 Å². The maximum absolute atomic E-state index is 13.0. The van der Waals surface area contributed by atoms with Crippen molar-refractivity contribution in [2.75, 3.05) is 5.32 Å². The molecule has 158 valence electrons. The van der Waals surface area contributed by atoms with Crippen LogP contribution in [0.25, 0.3) is 10.9 Å². The van der Waals surface area contributed by atoms with Crippen molar-refractivity contribution in [3.8, 4) is 0 Å². The SMILES string of the molecule is CC(C)C(=O)Nc1cccc2ccc(C3C(=O)c4ccc(S(=O)(=O)O)cc4C3=[OH+])nc12. The largest absolute Gasteiger partial charge is 0.341 e. The second-order valence-electron chi connectivity index (χ2n) is 7.62. The number of pyridine rings is 1. The van der Waals surface area contributed by atoms with Crippen molar-refractivity contribution in [1.82, 2.24) is 4.98 Å². The highest BCUT2D eigenvalue weighted by Crippen LogP contribution is 2.35. The lowest BCUT2D eigenvalue weighted by atomic mass is 9.98. The highest BCUT2D eigenvalue weighted by atomic mass is 32.2. The van der Waals surface area contributed by atoms with Crippen LogP contribution in [0, 0.1) is 5.92 Å². The molecule has 31 heavy (non-hydrogen) atoms. The van der Waals surface area contributed by atoms with Crippen LogP contribution in [-0.4, -0.2) is 40.2 Å². The summed E-state index contributed by atoms with van der Waals surface area (Å²) in [7, 11) is -4.49. The number of hydrogen-bond acceptors (Lipinski definition) is 5. The Morgan fingerprint density at radius 3 is 2.55 bits per heavy atom. The van der Waals surface area contributed by atoms with Crippen molar-refractivity contribution >= 4 is 44.2 Å². The van der Waals surface area contributed by atoms with Gasteiger partial charge in [0.05, 0.1) is 27.4 Å². The van der Waals surface area contributed by atoms with Gasteiger partial charge in [0.15, 0.2) is 11.7 Å². The number of Topliss-reactive ketones (excluding diaryl/α,β-unsaturated/α-hetero) is 1. The molecule has 1 amide bonds. The van der Waals surface area contributed by atoms with Crippen molar-refractivity contribution in [3.05, 3.63) is 65.4 Å². The molecule has 8 nitrogen and oxygen atoms in total. The summed E-state index contributed by atoms with van der Waals surface area (Å²) >= 11 is 0. The zero-order valence-electron chi connectivity index (χ0n) is 16.7. The third-order valence-corrected chi connectivity index (χ3v) is 6.04. The van der Waals surface area contributed by atoms with E-state index in [2.05, 4.69) is 10.3 Å². The molecular weight excluding hydrogens is 420 g/mol. The average Bonchev–Trinajstić information content (AvgIpc) is 2.97. The Morgan fingerprint density at radius 2 is 1.87 bits per heavy atom. The standard InChI is InChI=1S/C22H18N2O6S/c1-11(2)22(27)24-17-5-3-4-12-6-9-16(23-19(12)17)18-20(25)14-8-7-13(31(28,29)30)10-15(14)21(18)26/h3-11,18H,1-2H3,(H,24,27)(H,28,29,30)/p+1. The second-order valence-corrected chi connectivity index (χ2v) is 9.04. The zero-order valence-corrected chi connectivity index (χ0v) is 17.5. The van der Waals surface area contributed by atoms with Crippen LogP contribution in [0.4, 0.5) is 5.69 Å². The molecule has 9 heteroatoms. The first kappa shape index (κ1) is 20.8. The molecule has 0 saturated carbocycles. The minimum atomic E-state index is -4.49. The van der Waals surface area contributed by atoms with E-state index in [1.807, 2.05) is 6.07 Å². The van der Waals surface area contributed by atoms with Crippen LogP contribution in [0.15, 0.2) is 53.4 Å². The van der Waals surface area contributed by atoms with E-state index in [4.69, 9.17) is 0 Å². The van der Waals surface area contributed by atoms with E-state index in [1.54, 1.807) is 38.1 Å². The van der Waals surface area contributed by atoms with Crippen molar-refractivity contribution in [3.63, 3.8) is 0 Å². The number of benzene rings is 2. The lowest BCUT2D eigenvalue weighted by molar-refractivity contribution is -0.118. The number of fused-ring (bicyclic) bond motifs is 2. The fraction of sp³-hybridized carbons (Fsp3) is 0.182. The summed E-state index contributed by atoms with van der Waals surface area (Å²) in [5.74, 6) is -2.33. The van der Waals surface area contributed by atoms with E-state index >= 15 is 0 Å². The highest BCUT2D eigenvalue weighted by molar-refractivity contribution is 7.85. The van der Waals surface area contributed by atoms with E-state index in [-0.39, 0.29) is 34.4 Å². The Labute approximate surface area is 178 Å². The molecule has 0 fully saturated rings. The van der Waals surface area contributed by atoms with Gasteiger partial charge < -0.3 is 5.32 Å². The molecule has 0 radical (unpaired) electrons. The molecular formula is C22H19N2O6S+. The average molecular weight is 439 g/mol. The monoisotopic (exact) mass is 439 g/mol. The van der Waals surface area contributed by atoms with E-state index in [0.717, 1.165) is 17.5 Å². The van der Waals surface area contributed by atoms with Crippen LogP contribution in [0.3, 0.4) is 0 Å². The quantitative estimate of drug-likeness (QED) is 0.365. The number of amides is 1. The number of ketones is 2. The van der Waals surface area contributed by atoms with Gasteiger partial charge in [0.25, 0.3) is 10.1 Å². The third kappa shape index (κ3) is 3.62. The number of carbonyl (C=O) groups is 2. The molecule has 3 aromatic rings. The molecule has 0 spiro atoms. The van der Waals surface area contributed by atoms with Gasteiger partial charge in [-0.05, 0) is 30.3 Å². The van der Waals surface area contributed by atoms with Crippen LogP contribution in [0.1, 0.15) is 41.4 Å². The molecule has 1 heterocycles. The normalized spacial score (nSPS) is 16.1. The third-order valence-electron chi connectivity index (χ3n) is 5.19. The molecule has 1 aliphatic carbocycles. The van der Waals surface area contributed by atoms with E-state index in [1.165, 1.54) is 6.07 Å². The fourth-order valence-corrected chi connectivity index (χ4v) is 4.03. The first-order valence-corrected chi connectivity index (χ1v) is 10.9. The van der Waals surface area contributed by atoms with Gasteiger partial charge in [0.2, 0.25) is 5.91 Å². The van der Waals surface area contributed by atoms with Crippen LogP contribution >= 0.6 is 0 Å². The van der Waals surface area contributed by atoms with E-state index < -0.39 is 26.7 Å². The highest BCUT2D eigenvalue weighted by Gasteiger charge is 2.46. The molecule has 1 aliphatic rings. The van der Waals surface area contributed by atoms with Crippen LogP contribution in [-0.2, 0) is 14.9 Å². The lowest BCUT2D eigenvalue weighted by Gasteiger charge is -2.12. The second kappa shape index (κ2) is 7.36. The van der Waals surface area contributed by atoms with Crippen molar-refractivity contribution in [2.24, 2.45) is 5.92 Å². The van der Waals surface area contributed by atoms with Crippen LogP contribution < -0.4 is 5.32 Å². The minimum absolute atomic E-state index is 0.0356. The summed E-state index contributed by atoms with van der Waals surface area (Å²) in [6.07, 6.45) is 0. The molecule has 2 aromatic carbocycles. The van der Waals surface area contributed by atoms with Crippen molar-refractivity contribution < 1.29 is 27.4 Å². The molecule has 0 bridgehead atoms. The molecule has 1 aromatic heterocycles. The maximum Gasteiger partial charge on any atom is 0.341 e. The maximum atomic E-state index is 13.0. The van der Waals surface area contributed by atoms with E-state index in [9.17, 15) is 27.4 Å². The van der Waals surface area contributed by atoms with Gasteiger partial charge in [-0.15, -0.1) is 0 Å². The Hall–Kier alpha value is -3.43. The molecule has 0 saturated heterocycles. The molecule has 0 aliphatic heterocycles. The number of nitrogens with one attached hydrogen (secondary N) is 1. The minimum Gasteiger partial charge on any atom is -0.324 e. The van der Waals surface area contributed by atoms with Gasteiger partial charge in [-0.2, -0.15) is 8.42 Å². The van der Waals surface area contributed by atoms with Gasteiger partial charge in [0, 0.05) is 16.9 Å². The molecule has 3 N–H and O–H groups in total. The molecule has 1 atom stereocenters. The number of anilines is 1.